The fourth-order valence-electron chi connectivity index (χ4n) is 2.25. The Morgan fingerprint density at radius 1 is 0.611 bits per heavy atom. The smallest absolute Gasteiger partial charge is 0.00258 e. The predicted octanol–water partition coefficient (Wildman–Crippen LogP) is 5.40. The Kier molecular flexibility index (Phi) is 13.4. The lowest BCUT2D eigenvalue weighted by molar-refractivity contribution is 0.499. The summed E-state index contributed by atoms with van der Waals surface area (Å²) >= 11 is 0. The molecule has 0 heterocycles. The summed E-state index contributed by atoms with van der Waals surface area (Å²) in [5, 5.41) is 3.51. The molecule has 0 radical (unpaired) electrons. The van der Waals surface area contributed by atoms with Crippen LogP contribution < -0.4 is 5.32 Å². The predicted molar refractivity (Wildman–Crippen MR) is 84.1 cm³/mol. The SMILES string of the molecule is CC(C)CCCCCCCCCCNCC(C)C. The van der Waals surface area contributed by atoms with Gasteiger partial charge in [0.2, 0.25) is 0 Å². The monoisotopic (exact) mass is 255 g/mol. The van der Waals surface area contributed by atoms with Gasteiger partial charge in [0.25, 0.3) is 0 Å². The van der Waals surface area contributed by atoms with Gasteiger partial charge in [0.1, 0.15) is 0 Å². The summed E-state index contributed by atoms with van der Waals surface area (Å²) in [6.07, 6.45) is 12.9. The average molecular weight is 255 g/mol. The third kappa shape index (κ3) is 16.0. The first-order valence-electron chi connectivity index (χ1n) is 8.33. The summed E-state index contributed by atoms with van der Waals surface area (Å²) < 4.78 is 0. The summed E-state index contributed by atoms with van der Waals surface area (Å²) in [4.78, 5) is 0. The van der Waals surface area contributed by atoms with Gasteiger partial charge in [-0.3, -0.25) is 0 Å². The van der Waals surface area contributed by atoms with Crippen molar-refractivity contribution in [2.75, 3.05) is 13.1 Å². The summed E-state index contributed by atoms with van der Waals surface area (Å²) in [7, 11) is 0. The molecule has 0 bridgehead atoms. The van der Waals surface area contributed by atoms with Gasteiger partial charge in [-0.05, 0) is 31.3 Å². The molecule has 0 aromatic heterocycles. The van der Waals surface area contributed by atoms with Crippen molar-refractivity contribution in [3.63, 3.8) is 0 Å². The lowest BCUT2D eigenvalue weighted by Crippen LogP contribution is -2.20. The Morgan fingerprint density at radius 2 is 1.11 bits per heavy atom. The lowest BCUT2D eigenvalue weighted by Gasteiger charge is -2.07. The van der Waals surface area contributed by atoms with Gasteiger partial charge in [-0.2, -0.15) is 0 Å². The fraction of sp³-hybridized carbons (Fsp3) is 1.00. The van der Waals surface area contributed by atoms with E-state index in [1.807, 2.05) is 0 Å². The van der Waals surface area contributed by atoms with E-state index in [2.05, 4.69) is 33.0 Å². The molecule has 0 saturated heterocycles. The molecule has 110 valence electrons. The Labute approximate surface area is 116 Å². The molecular formula is C17H37N. The second-order valence-corrected chi connectivity index (χ2v) is 6.61. The lowest BCUT2D eigenvalue weighted by atomic mass is 10.0. The molecular weight excluding hydrogens is 218 g/mol. The van der Waals surface area contributed by atoms with E-state index in [-0.39, 0.29) is 0 Å². The number of hydrogen-bond acceptors (Lipinski definition) is 1. The second-order valence-electron chi connectivity index (χ2n) is 6.61. The van der Waals surface area contributed by atoms with Crippen molar-refractivity contribution in [2.24, 2.45) is 11.8 Å². The fourth-order valence-corrected chi connectivity index (χ4v) is 2.25. The van der Waals surface area contributed by atoms with Crippen LogP contribution in [0.1, 0.15) is 85.5 Å². The van der Waals surface area contributed by atoms with Gasteiger partial charge >= 0.3 is 0 Å². The van der Waals surface area contributed by atoms with Crippen molar-refractivity contribution in [2.45, 2.75) is 85.5 Å². The molecule has 0 saturated carbocycles. The molecule has 0 aliphatic heterocycles. The minimum absolute atomic E-state index is 0.788. The van der Waals surface area contributed by atoms with Gasteiger partial charge in [0, 0.05) is 0 Å². The highest BCUT2D eigenvalue weighted by molar-refractivity contribution is 4.53. The molecule has 0 aromatic carbocycles. The van der Waals surface area contributed by atoms with E-state index in [1.165, 1.54) is 70.9 Å². The molecule has 0 amide bonds. The highest BCUT2D eigenvalue weighted by Crippen LogP contribution is 2.12. The van der Waals surface area contributed by atoms with Gasteiger partial charge in [0.05, 0.1) is 0 Å². The zero-order valence-corrected chi connectivity index (χ0v) is 13.4. The zero-order valence-electron chi connectivity index (χ0n) is 13.4. The van der Waals surface area contributed by atoms with Crippen molar-refractivity contribution >= 4 is 0 Å². The second kappa shape index (κ2) is 13.4. The van der Waals surface area contributed by atoms with Crippen molar-refractivity contribution in [3.05, 3.63) is 0 Å². The number of rotatable bonds is 13. The van der Waals surface area contributed by atoms with E-state index in [0.29, 0.717) is 0 Å². The van der Waals surface area contributed by atoms with Crippen LogP contribution in [0.2, 0.25) is 0 Å². The quantitative estimate of drug-likeness (QED) is 0.435. The van der Waals surface area contributed by atoms with Crippen LogP contribution in [0.3, 0.4) is 0 Å². The Hall–Kier alpha value is -0.0400. The zero-order chi connectivity index (χ0) is 13.6. The van der Waals surface area contributed by atoms with E-state index >= 15 is 0 Å². The van der Waals surface area contributed by atoms with Crippen LogP contribution >= 0.6 is 0 Å². The number of unbranched alkanes of at least 4 members (excludes halogenated alkanes) is 7. The van der Waals surface area contributed by atoms with Gasteiger partial charge in [-0.15, -0.1) is 0 Å². The van der Waals surface area contributed by atoms with Crippen LogP contribution in [-0.4, -0.2) is 13.1 Å². The molecule has 0 rings (SSSR count). The van der Waals surface area contributed by atoms with E-state index in [4.69, 9.17) is 0 Å². The summed E-state index contributed by atoms with van der Waals surface area (Å²) in [6, 6.07) is 0. The van der Waals surface area contributed by atoms with Gasteiger partial charge in [-0.1, -0.05) is 79.1 Å². The maximum absolute atomic E-state index is 3.51. The molecule has 18 heavy (non-hydrogen) atoms. The van der Waals surface area contributed by atoms with Crippen molar-refractivity contribution in [3.8, 4) is 0 Å². The van der Waals surface area contributed by atoms with Crippen LogP contribution in [0.5, 0.6) is 0 Å². The Morgan fingerprint density at radius 3 is 1.61 bits per heavy atom. The largest absolute Gasteiger partial charge is 0.316 e. The summed E-state index contributed by atoms with van der Waals surface area (Å²) in [5.41, 5.74) is 0. The van der Waals surface area contributed by atoms with Gasteiger partial charge < -0.3 is 5.32 Å². The minimum atomic E-state index is 0.788. The van der Waals surface area contributed by atoms with Crippen molar-refractivity contribution in [1.29, 1.82) is 0 Å². The number of hydrogen-bond donors (Lipinski definition) is 1. The van der Waals surface area contributed by atoms with E-state index in [0.717, 1.165) is 11.8 Å². The first kappa shape index (κ1) is 18.0. The molecule has 0 spiro atoms. The summed E-state index contributed by atoms with van der Waals surface area (Å²) in [6.45, 7) is 11.6. The third-order valence-corrected chi connectivity index (χ3v) is 3.44. The average Bonchev–Trinajstić information content (AvgIpc) is 2.29. The van der Waals surface area contributed by atoms with Crippen molar-refractivity contribution in [1.82, 2.24) is 5.32 Å². The standard InChI is InChI=1S/C17H37N/c1-16(2)13-11-9-7-5-6-8-10-12-14-18-15-17(3)4/h16-18H,5-15H2,1-4H3. The molecule has 0 aliphatic rings. The molecule has 0 atom stereocenters. The highest BCUT2D eigenvalue weighted by Gasteiger charge is 1.96. The van der Waals surface area contributed by atoms with Crippen LogP contribution in [-0.2, 0) is 0 Å². The molecule has 0 aromatic rings. The molecule has 1 N–H and O–H groups in total. The van der Waals surface area contributed by atoms with Crippen LogP contribution in [0, 0.1) is 11.8 Å². The molecule has 1 heteroatoms. The third-order valence-electron chi connectivity index (χ3n) is 3.44. The van der Waals surface area contributed by atoms with Crippen molar-refractivity contribution < 1.29 is 0 Å². The van der Waals surface area contributed by atoms with E-state index in [1.54, 1.807) is 0 Å². The summed E-state index contributed by atoms with van der Waals surface area (Å²) in [5.74, 6) is 1.68. The highest BCUT2D eigenvalue weighted by atomic mass is 14.8. The van der Waals surface area contributed by atoms with E-state index < -0.39 is 0 Å². The maximum atomic E-state index is 3.51. The molecule has 1 nitrogen and oxygen atoms in total. The molecule has 0 aliphatic carbocycles. The Balaban J connectivity index is 2.95. The first-order chi connectivity index (χ1) is 8.63. The van der Waals surface area contributed by atoms with Gasteiger partial charge in [0.15, 0.2) is 0 Å². The number of nitrogens with one attached hydrogen (secondary N) is 1. The minimum Gasteiger partial charge on any atom is -0.316 e. The van der Waals surface area contributed by atoms with Crippen LogP contribution in [0.15, 0.2) is 0 Å². The first-order valence-corrected chi connectivity index (χ1v) is 8.33. The maximum Gasteiger partial charge on any atom is -0.00258 e. The Bertz CT molecular complexity index is 134. The normalized spacial score (nSPS) is 11.7. The van der Waals surface area contributed by atoms with Crippen LogP contribution in [0.4, 0.5) is 0 Å². The topological polar surface area (TPSA) is 12.0 Å². The van der Waals surface area contributed by atoms with Crippen LogP contribution in [0.25, 0.3) is 0 Å². The molecule has 0 fully saturated rings. The van der Waals surface area contributed by atoms with E-state index in [9.17, 15) is 0 Å². The molecule has 0 unspecified atom stereocenters. The van der Waals surface area contributed by atoms with Gasteiger partial charge in [-0.25, -0.2) is 0 Å².